The highest BCUT2D eigenvalue weighted by molar-refractivity contribution is 4.98. The molecule has 0 spiro atoms. The standard InChI is InChI=1S/C9H15N3/c1-4-8-5-9(8)12-7(3)10-6(2)11-12/h8-9H,4-5H2,1-3H3. The second kappa shape index (κ2) is 2.57. The molecule has 0 amide bonds. The van der Waals surface area contributed by atoms with Gasteiger partial charge >= 0.3 is 0 Å². The zero-order valence-electron chi connectivity index (χ0n) is 7.91. The summed E-state index contributed by atoms with van der Waals surface area (Å²) in [6.45, 7) is 6.22. The third-order valence-electron chi connectivity index (χ3n) is 2.63. The fourth-order valence-corrected chi connectivity index (χ4v) is 1.82. The third-order valence-corrected chi connectivity index (χ3v) is 2.63. The molecule has 1 heterocycles. The van der Waals surface area contributed by atoms with Crippen molar-refractivity contribution in [3.8, 4) is 0 Å². The van der Waals surface area contributed by atoms with Gasteiger partial charge < -0.3 is 0 Å². The summed E-state index contributed by atoms with van der Waals surface area (Å²) in [6.07, 6.45) is 2.56. The predicted molar refractivity (Wildman–Crippen MR) is 46.9 cm³/mol. The second-order valence-electron chi connectivity index (χ2n) is 3.62. The Morgan fingerprint density at radius 2 is 2.25 bits per heavy atom. The summed E-state index contributed by atoms with van der Waals surface area (Å²) < 4.78 is 2.09. The van der Waals surface area contributed by atoms with E-state index in [1.807, 2.05) is 13.8 Å². The molecule has 66 valence electrons. The quantitative estimate of drug-likeness (QED) is 0.669. The second-order valence-corrected chi connectivity index (χ2v) is 3.62. The molecule has 2 unspecified atom stereocenters. The van der Waals surface area contributed by atoms with Gasteiger partial charge in [-0.15, -0.1) is 0 Å². The van der Waals surface area contributed by atoms with Gasteiger partial charge in [0.1, 0.15) is 11.6 Å². The van der Waals surface area contributed by atoms with E-state index in [1.54, 1.807) is 0 Å². The largest absolute Gasteiger partial charge is 0.247 e. The minimum atomic E-state index is 0.649. The number of hydrogen-bond donors (Lipinski definition) is 0. The fourth-order valence-electron chi connectivity index (χ4n) is 1.82. The van der Waals surface area contributed by atoms with Crippen LogP contribution in [0.25, 0.3) is 0 Å². The van der Waals surface area contributed by atoms with Crippen molar-refractivity contribution in [1.82, 2.24) is 14.8 Å². The number of aromatic nitrogens is 3. The first-order valence-corrected chi connectivity index (χ1v) is 4.62. The van der Waals surface area contributed by atoms with Crippen LogP contribution in [0.5, 0.6) is 0 Å². The molecule has 0 radical (unpaired) electrons. The van der Waals surface area contributed by atoms with E-state index in [1.165, 1.54) is 12.8 Å². The first-order valence-electron chi connectivity index (χ1n) is 4.62. The molecule has 0 aliphatic heterocycles. The Balaban J connectivity index is 2.19. The average molecular weight is 165 g/mol. The van der Waals surface area contributed by atoms with Gasteiger partial charge in [-0.25, -0.2) is 9.67 Å². The Morgan fingerprint density at radius 3 is 2.67 bits per heavy atom. The van der Waals surface area contributed by atoms with Crippen molar-refractivity contribution in [2.24, 2.45) is 5.92 Å². The van der Waals surface area contributed by atoms with Gasteiger partial charge in [-0.05, 0) is 26.2 Å². The molecule has 1 aromatic heterocycles. The lowest BCUT2D eigenvalue weighted by atomic mass is 10.3. The lowest BCUT2D eigenvalue weighted by Crippen LogP contribution is -2.01. The lowest BCUT2D eigenvalue weighted by Gasteiger charge is -1.99. The Morgan fingerprint density at radius 1 is 1.50 bits per heavy atom. The Kier molecular flexibility index (Phi) is 1.67. The van der Waals surface area contributed by atoms with E-state index in [0.717, 1.165) is 17.6 Å². The Bertz CT molecular complexity index is 290. The van der Waals surface area contributed by atoms with E-state index >= 15 is 0 Å². The molecular formula is C9H15N3. The van der Waals surface area contributed by atoms with Crippen molar-refractivity contribution in [3.63, 3.8) is 0 Å². The minimum absolute atomic E-state index is 0.649. The zero-order valence-corrected chi connectivity index (χ0v) is 7.91. The monoisotopic (exact) mass is 165 g/mol. The van der Waals surface area contributed by atoms with Gasteiger partial charge in [0.05, 0.1) is 6.04 Å². The predicted octanol–water partition coefficient (Wildman–Crippen LogP) is 1.87. The van der Waals surface area contributed by atoms with Crippen LogP contribution in [-0.4, -0.2) is 14.8 Å². The molecular weight excluding hydrogens is 150 g/mol. The summed E-state index contributed by atoms with van der Waals surface area (Å²) in [7, 11) is 0. The molecule has 1 fully saturated rings. The van der Waals surface area contributed by atoms with Crippen LogP contribution in [0.3, 0.4) is 0 Å². The molecule has 2 atom stereocenters. The average Bonchev–Trinajstić information content (AvgIpc) is 2.72. The molecule has 1 saturated carbocycles. The van der Waals surface area contributed by atoms with Gasteiger partial charge in [0, 0.05) is 0 Å². The van der Waals surface area contributed by atoms with Gasteiger partial charge in [0.2, 0.25) is 0 Å². The third kappa shape index (κ3) is 1.13. The van der Waals surface area contributed by atoms with Crippen LogP contribution in [0.4, 0.5) is 0 Å². The van der Waals surface area contributed by atoms with E-state index < -0.39 is 0 Å². The van der Waals surface area contributed by atoms with Crippen molar-refractivity contribution in [2.75, 3.05) is 0 Å². The van der Waals surface area contributed by atoms with Crippen LogP contribution in [0.2, 0.25) is 0 Å². The van der Waals surface area contributed by atoms with Gasteiger partial charge in [0.15, 0.2) is 0 Å². The highest BCUT2D eigenvalue weighted by Crippen LogP contribution is 2.45. The molecule has 3 heteroatoms. The van der Waals surface area contributed by atoms with Crippen LogP contribution in [0.1, 0.15) is 37.5 Å². The maximum Gasteiger partial charge on any atom is 0.147 e. The van der Waals surface area contributed by atoms with Gasteiger partial charge in [-0.3, -0.25) is 0 Å². The normalized spacial score (nSPS) is 27.6. The number of nitrogens with zero attached hydrogens (tertiary/aromatic N) is 3. The summed E-state index contributed by atoms with van der Waals surface area (Å²) >= 11 is 0. The smallest absolute Gasteiger partial charge is 0.147 e. The summed E-state index contributed by atoms with van der Waals surface area (Å²) in [5.74, 6) is 2.81. The molecule has 12 heavy (non-hydrogen) atoms. The van der Waals surface area contributed by atoms with Crippen LogP contribution in [0.15, 0.2) is 0 Å². The summed E-state index contributed by atoms with van der Waals surface area (Å²) in [6, 6.07) is 0.649. The topological polar surface area (TPSA) is 30.7 Å². The van der Waals surface area contributed by atoms with Gasteiger partial charge in [-0.2, -0.15) is 5.10 Å². The first-order chi connectivity index (χ1) is 5.72. The van der Waals surface area contributed by atoms with Crippen molar-refractivity contribution < 1.29 is 0 Å². The van der Waals surface area contributed by atoms with Crippen molar-refractivity contribution in [3.05, 3.63) is 11.6 Å². The number of rotatable bonds is 2. The van der Waals surface area contributed by atoms with Crippen molar-refractivity contribution in [1.29, 1.82) is 0 Å². The number of aryl methyl sites for hydroxylation is 2. The van der Waals surface area contributed by atoms with E-state index in [-0.39, 0.29) is 0 Å². The van der Waals surface area contributed by atoms with E-state index in [4.69, 9.17) is 0 Å². The van der Waals surface area contributed by atoms with E-state index in [0.29, 0.717) is 6.04 Å². The van der Waals surface area contributed by atoms with Crippen LogP contribution in [0, 0.1) is 19.8 Å². The highest BCUT2D eigenvalue weighted by Gasteiger charge is 2.38. The molecule has 2 rings (SSSR count). The molecule has 0 bridgehead atoms. The summed E-state index contributed by atoms with van der Waals surface area (Å²) in [5, 5.41) is 4.38. The van der Waals surface area contributed by atoms with Crippen LogP contribution in [-0.2, 0) is 0 Å². The fraction of sp³-hybridized carbons (Fsp3) is 0.778. The molecule has 0 saturated heterocycles. The molecule has 1 aliphatic rings. The van der Waals surface area contributed by atoms with E-state index in [9.17, 15) is 0 Å². The van der Waals surface area contributed by atoms with E-state index in [2.05, 4.69) is 21.7 Å². The van der Waals surface area contributed by atoms with Crippen molar-refractivity contribution in [2.45, 2.75) is 39.7 Å². The number of hydrogen-bond acceptors (Lipinski definition) is 2. The summed E-state index contributed by atoms with van der Waals surface area (Å²) in [4.78, 5) is 4.29. The molecule has 1 aliphatic carbocycles. The van der Waals surface area contributed by atoms with Gasteiger partial charge in [-0.1, -0.05) is 13.3 Å². The first kappa shape index (κ1) is 7.77. The Hall–Kier alpha value is -0.860. The van der Waals surface area contributed by atoms with Gasteiger partial charge in [0.25, 0.3) is 0 Å². The Labute approximate surface area is 72.8 Å². The zero-order chi connectivity index (χ0) is 8.72. The summed E-state index contributed by atoms with van der Waals surface area (Å²) in [5.41, 5.74) is 0. The molecule has 0 aromatic carbocycles. The molecule has 1 aromatic rings. The maximum absolute atomic E-state index is 4.38. The molecule has 0 N–H and O–H groups in total. The maximum atomic E-state index is 4.38. The molecule has 3 nitrogen and oxygen atoms in total. The van der Waals surface area contributed by atoms with Crippen LogP contribution < -0.4 is 0 Å². The lowest BCUT2D eigenvalue weighted by molar-refractivity contribution is 0.560. The minimum Gasteiger partial charge on any atom is -0.247 e. The van der Waals surface area contributed by atoms with Crippen molar-refractivity contribution >= 4 is 0 Å². The highest BCUT2D eigenvalue weighted by atomic mass is 15.4. The van der Waals surface area contributed by atoms with Crippen LogP contribution >= 0.6 is 0 Å². The SMILES string of the molecule is CCC1CC1n1nc(C)nc1C.